The second-order valence-electron chi connectivity index (χ2n) is 6.62. The minimum atomic E-state index is -2.94. The Morgan fingerprint density at radius 1 is 1.33 bits per heavy atom. The number of sulfone groups is 1. The lowest BCUT2D eigenvalue weighted by Crippen LogP contribution is -2.45. The van der Waals surface area contributed by atoms with Gasteiger partial charge in [-0.1, -0.05) is 37.3 Å². The fourth-order valence-corrected chi connectivity index (χ4v) is 4.72. The van der Waals surface area contributed by atoms with E-state index >= 15 is 0 Å². The molecule has 0 amide bonds. The first kappa shape index (κ1) is 19.3. The van der Waals surface area contributed by atoms with Gasteiger partial charge in [-0.2, -0.15) is 0 Å². The molecule has 1 saturated heterocycles. The summed E-state index contributed by atoms with van der Waals surface area (Å²) in [5.41, 5.74) is 1.10. The first-order chi connectivity index (χ1) is 13.1. The van der Waals surface area contributed by atoms with Crippen molar-refractivity contribution in [2.75, 3.05) is 18.1 Å². The molecule has 1 atom stereocenters. The molecule has 2 aromatic rings. The van der Waals surface area contributed by atoms with Crippen LogP contribution in [0.3, 0.4) is 0 Å². The van der Waals surface area contributed by atoms with E-state index in [0.717, 1.165) is 17.8 Å². The molecule has 0 aliphatic carbocycles. The lowest BCUT2D eigenvalue weighted by atomic mass is 10.2. The van der Waals surface area contributed by atoms with Crippen LogP contribution in [-0.4, -0.2) is 53.2 Å². The summed E-state index contributed by atoms with van der Waals surface area (Å²) in [7, 11) is -2.94. The molecule has 1 aliphatic heterocycles. The molecule has 0 bridgehead atoms. The van der Waals surface area contributed by atoms with Gasteiger partial charge >= 0.3 is 0 Å². The molecule has 9 heteroatoms. The molecule has 2 N–H and O–H groups in total. The largest absolute Gasteiger partial charge is 0.355 e. The average molecular weight is 391 g/mol. The topological polar surface area (TPSA) is 101 Å². The van der Waals surface area contributed by atoms with E-state index in [2.05, 4.69) is 25.8 Å². The number of hydrogen-bond acceptors (Lipinski definition) is 5. The Morgan fingerprint density at radius 3 is 2.85 bits per heavy atom. The molecular formula is C18H26N6O2S. The molecule has 2 heterocycles. The van der Waals surface area contributed by atoms with Crippen molar-refractivity contribution in [3.05, 3.63) is 48.0 Å². The average Bonchev–Trinajstić information content (AvgIpc) is 3.25. The predicted octanol–water partition coefficient (Wildman–Crippen LogP) is 0.763. The summed E-state index contributed by atoms with van der Waals surface area (Å²) in [6.45, 7) is 3.93. The van der Waals surface area contributed by atoms with Gasteiger partial charge in [-0.25, -0.2) is 13.4 Å². The van der Waals surface area contributed by atoms with Gasteiger partial charge < -0.3 is 15.2 Å². The van der Waals surface area contributed by atoms with Crippen molar-refractivity contribution in [2.24, 2.45) is 4.99 Å². The molecule has 0 saturated carbocycles. The summed E-state index contributed by atoms with van der Waals surface area (Å²) in [5.74, 6) is 1.96. The van der Waals surface area contributed by atoms with Crippen LogP contribution in [0.1, 0.15) is 24.7 Å². The van der Waals surface area contributed by atoms with Crippen LogP contribution in [0.25, 0.3) is 0 Å². The van der Waals surface area contributed by atoms with Crippen LogP contribution >= 0.6 is 0 Å². The van der Waals surface area contributed by atoms with E-state index in [4.69, 9.17) is 0 Å². The fourth-order valence-electron chi connectivity index (χ4n) is 3.04. The van der Waals surface area contributed by atoms with Gasteiger partial charge in [0.15, 0.2) is 15.8 Å². The first-order valence-electron chi connectivity index (χ1n) is 9.21. The van der Waals surface area contributed by atoms with Crippen LogP contribution in [0.2, 0.25) is 0 Å². The summed E-state index contributed by atoms with van der Waals surface area (Å²) in [6, 6.07) is 9.87. The van der Waals surface area contributed by atoms with Gasteiger partial charge in [-0.3, -0.25) is 0 Å². The number of aromatic nitrogens is 3. The number of guanidine groups is 1. The standard InChI is InChI=1S/C18H26N6O2S/c1-2-17-23-21-14-24(17)10-9-19-18(20-12-15-6-4-3-5-7-15)22-16-8-11-27(25,26)13-16/h3-7,14,16H,2,8-13H2,1H3,(H2,19,20,22). The van der Waals surface area contributed by atoms with E-state index in [0.29, 0.717) is 32.0 Å². The molecule has 3 rings (SSSR count). The Morgan fingerprint density at radius 2 is 2.15 bits per heavy atom. The van der Waals surface area contributed by atoms with Crippen LogP contribution in [0.5, 0.6) is 0 Å². The summed E-state index contributed by atoms with van der Waals surface area (Å²) < 4.78 is 25.5. The quantitative estimate of drug-likeness (QED) is 0.535. The maximum absolute atomic E-state index is 11.7. The van der Waals surface area contributed by atoms with Crippen LogP contribution in [0, 0.1) is 0 Å². The number of benzene rings is 1. The summed E-state index contributed by atoms with van der Waals surface area (Å²) >= 11 is 0. The lowest BCUT2D eigenvalue weighted by Gasteiger charge is -2.17. The smallest absolute Gasteiger partial charge is 0.191 e. The van der Waals surface area contributed by atoms with Crippen LogP contribution in [-0.2, 0) is 29.3 Å². The van der Waals surface area contributed by atoms with Crippen molar-refractivity contribution in [2.45, 2.75) is 38.9 Å². The number of rotatable bonds is 7. The first-order valence-corrected chi connectivity index (χ1v) is 11.0. The normalized spacial score (nSPS) is 19.1. The van der Waals surface area contributed by atoms with E-state index in [1.165, 1.54) is 0 Å². The van der Waals surface area contributed by atoms with Crippen molar-refractivity contribution in [1.82, 2.24) is 25.4 Å². The van der Waals surface area contributed by atoms with Crippen LogP contribution < -0.4 is 10.6 Å². The highest BCUT2D eigenvalue weighted by Crippen LogP contribution is 2.11. The second-order valence-corrected chi connectivity index (χ2v) is 8.84. The van der Waals surface area contributed by atoms with Gasteiger partial charge in [0.1, 0.15) is 12.2 Å². The van der Waals surface area contributed by atoms with Gasteiger partial charge in [0.2, 0.25) is 0 Å². The van der Waals surface area contributed by atoms with Crippen molar-refractivity contribution >= 4 is 15.8 Å². The number of nitrogens with one attached hydrogen (secondary N) is 2. The molecule has 1 unspecified atom stereocenters. The van der Waals surface area contributed by atoms with E-state index < -0.39 is 9.84 Å². The maximum Gasteiger partial charge on any atom is 0.191 e. The Bertz CT molecular complexity index is 863. The zero-order valence-corrected chi connectivity index (χ0v) is 16.3. The molecule has 146 valence electrons. The zero-order chi connectivity index (χ0) is 19.1. The van der Waals surface area contributed by atoms with E-state index in [1.54, 1.807) is 6.33 Å². The monoisotopic (exact) mass is 390 g/mol. The molecule has 27 heavy (non-hydrogen) atoms. The van der Waals surface area contributed by atoms with Crippen molar-refractivity contribution in [3.8, 4) is 0 Å². The minimum Gasteiger partial charge on any atom is -0.355 e. The Balaban J connectivity index is 1.61. The third-order valence-corrected chi connectivity index (χ3v) is 6.26. The molecule has 1 aromatic carbocycles. The van der Waals surface area contributed by atoms with Crippen molar-refractivity contribution in [1.29, 1.82) is 0 Å². The van der Waals surface area contributed by atoms with Crippen LogP contribution in [0.4, 0.5) is 0 Å². The Labute approximate surface area is 160 Å². The summed E-state index contributed by atoms with van der Waals surface area (Å²) in [5, 5.41) is 14.6. The second kappa shape index (κ2) is 8.98. The molecule has 0 radical (unpaired) electrons. The molecule has 8 nitrogen and oxygen atoms in total. The Hall–Kier alpha value is -2.42. The van der Waals surface area contributed by atoms with Gasteiger partial charge in [0.05, 0.1) is 18.1 Å². The molecular weight excluding hydrogens is 364 g/mol. The fraction of sp³-hybridized carbons (Fsp3) is 0.500. The highest BCUT2D eigenvalue weighted by atomic mass is 32.2. The predicted molar refractivity (Wildman–Crippen MR) is 105 cm³/mol. The summed E-state index contributed by atoms with van der Waals surface area (Å²) in [6.07, 6.45) is 3.16. The summed E-state index contributed by atoms with van der Waals surface area (Å²) in [4.78, 5) is 4.63. The Kier molecular flexibility index (Phi) is 6.44. The number of hydrogen-bond donors (Lipinski definition) is 2. The molecule has 1 fully saturated rings. The highest BCUT2D eigenvalue weighted by molar-refractivity contribution is 7.91. The SMILES string of the molecule is CCc1nncn1CCNC(=NCc1ccccc1)NC1CCS(=O)(=O)C1. The van der Waals surface area contributed by atoms with Crippen LogP contribution in [0.15, 0.2) is 41.7 Å². The third kappa shape index (κ3) is 5.78. The molecule has 1 aliphatic rings. The van der Waals surface area contributed by atoms with Gasteiger partial charge in [0, 0.05) is 25.6 Å². The van der Waals surface area contributed by atoms with Gasteiger partial charge in [-0.05, 0) is 12.0 Å². The van der Waals surface area contributed by atoms with Crippen molar-refractivity contribution < 1.29 is 8.42 Å². The highest BCUT2D eigenvalue weighted by Gasteiger charge is 2.28. The third-order valence-electron chi connectivity index (χ3n) is 4.49. The molecule has 0 spiro atoms. The number of aryl methyl sites for hydroxylation is 1. The van der Waals surface area contributed by atoms with E-state index in [1.807, 2.05) is 41.8 Å². The van der Waals surface area contributed by atoms with Crippen molar-refractivity contribution in [3.63, 3.8) is 0 Å². The van der Waals surface area contributed by atoms with Gasteiger partial charge in [-0.15, -0.1) is 10.2 Å². The number of aliphatic imine (C=N–C) groups is 1. The lowest BCUT2D eigenvalue weighted by molar-refractivity contribution is 0.597. The maximum atomic E-state index is 11.7. The van der Waals surface area contributed by atoms with E-state index in [9.17, 15) is 8.42 Å². The zero-order valence-electron chi connectivity index (χ0n) is 15.5. The van der Waals surface area contributed by atoms with Gasteiger partial charge in [0.25, 0.3) is 0 Å². The molecule has 1 aromatic heterocycles. The number of nitrogens with zero attached hydrogens (tertiary/aromatic N) is 4. The van der Waals surface area contributed by atoms with E-state index in [-0.39, 0.29) is 17.5 Å². The minimum absolute atomic E-state index is 0.0989.